The standard InChI is InChI=1S/C24H26F3N3O2/c25-24(26,27)19-9-6-10-20(17-19)28-13-15-29(16-14-28)23(32)22(18-7-2-1-3-8-18)30-12-5-4-11-21(30)31/h1-3,6-10,17,22H,4-5,11-16H2. The molecule has 2 aliphatic heterocycles. The highest BCUT2D eigenvalue weighted by Gasteiger charge is 2.36. The van der Waals surface area contributed by atoms with Crippen LogP contribution in [0.2, 0.25) is 0 Å². The van der Waals surface area contributed by atoms with Crippen LogP contribution in [-0.4, -0.2) is 54.3 Å². The van der Waals surface area contributed by atoms with Gasteiger partial charge >= 0.3 is 6.18 Å². The van der Waals surface area contributed by atoms with Gasteiger partial charge in [0, 0.05) is 44.8 Å². The number of halogens is 3. The number of rotatable bonds is 4. The zero-order valence-electron chi connectivity index (χ0n) is 17.7. The van der Waals surface area contributed by atoms with Crippen LogP contribution in [0.5, 0.6) is 0 Å². The average molecular weight is 445 g/mol. The van der Waals surface area contributed by atoms with E-state index in [2.05, 4.69) is 0 Å². The Morgan fingerprint density at radius 2 is 1.59 bits per heavy atom. The number of hydrogen-bond acceptors (Lipinski definition) is 3. The summed E-state index contributed by atoms with van der Waals surface area (Å²) in [6.07, 6.45) is -2.25. The molecule has 0 bridgehead atoms. The molecule has 2 aromatic rings. The summed E-state index contributed by atoms with van der Waals surface area (Å²) in [5.74, 6) is -0.142. The fourth-order valence-electron chi connectivity index (χ4n) is 4.43. The number of likely N-dealkylation sites (tertiary alicyclic amines) is 1. The molecule has 0 spiro atoms. The Morgan fingerprint density at radius 1 is 0.875 bits per heavy atom. The molecular weight excluding hydrogens is 419 g/mol. The first-order chi connectivity index (χ1) is 15.3. The minimum Gasteiger partial charge on any atom is -0.368 e. The highest BCUT2D eigenvalue weighted by Crippen LogP contribution is 2.32. The Kier molecular flexibility index (Phi) is 6.39. The van der Waals surface area contributed by atoms with Gasteiger partial charge in [-0.1, -0.05) is 36.4 Å². The summed E-state index contributed by atoms with van der Waals surface area (Å²) in [4.78, 5) is 31.4. The molecule has 2 saturated heterocycles. The number of carbonyl (C=O) groups is 2. The van der Waals surface area contributed by atoms with Crippen LogP contribution in [0.1, 0.15) is 36.4 Å². The monoisotopic (exact) mass is 445 g/mol. The van der Waals surface area contributed by atoms with Crippen LogP contribution >= 0.6 is 0 Å². The Bertz CT molecular complexity index is 956. The Balaban J connectivity index is 1.49. The Hall–Kier alpha value is -3.03. The fourth-order valence-corrected chi connectivity index (χ4v) is 4.43. The molecule has 2 heterocycles. The van der Waals surface area contributed by atoms with Gasteiger partial charge in [-0.05, 0) is 36.6 Å². The molecule has 0 saturated carbocycles. The first-order valence-electron chi connectivity index (χ1n) is 10.9. The van der Waals surface area contributed by atoms with E-state index < -0.39 is 17.8 Å². The number of piperidine rings is 1. The third-order valence-electron chi connectivity index (χ3n) is 6.15. The second-order valence-corrected chi connectivity index (χ2v) is 8.22. The van der Waals surface area contributed by atoms with E-state index in [4.69, 9.17) is 0 Å². The lowest BCUT2D eigenvalue weighted by Crippen LogP contribution is -2.53. The minimum atomic E-state index is -4.39. The maximum absolute atomic E-state index is 13.5. The highest BCUT2D eigenvalue weighted by molar-refractivity contribution is 5.89. The SMILES string of the molecule is O=C(C(c1ccccc1)N1CCCCC1=O)N1CCN(c2cccc(C(F)(F)F)c2)CC1. The van der Waals surface area contributed by atoms with Crippen LogP contribution in [0.4, 0.5) is 18.9 Å². The van der Waals surface area contributed by atoms with Gasteiger partial charge in [0.2, 0.25) is 11.8 Å². The number of alkyl halides is 3. The fraction of sp³-hybridized carbons (Fsp3) is 0.417. The maximum atomic E-state index is 13.5. The third kappa shape index (κ3) is 4.74. The van der Waals surface area contributed by atoms with Gasteiger partial charge in [-0.3, -0.25) is 9.59 Å². The van der Waals surface area contributed by atoms with E-state index in [1.54, 1.807) is 15.9 Å². The number of benzene rings is 2. The van der Waals surface area contributed by atoms with Crippen molar-refractivity contribution in [2.24, 2.45) is 0 Å². The van der Waals surface area contributed by atoms with Crippen molar-refractivity contribution in [3.05, 3.63) is 65.7 Å². The van der Waals surface area contributed by atoms with Crippen LogP contribution in [0.15, 0.2) is 54.6 Å². The summed E-state index contributed by atoms with van der Waals surface area (Å²) < 4.78 is 39.2. The van der Waals surface area contributed by atoms with Crippen molar-refractivity contribution in [3.8, 4) is 0 Å². The van der Waals surface area contributed by atoms with Gasteiger partial charge in [-0.15, -0.1) is 0 Å². The van der Waals surface area contributed by atoms with E-state index in [0.717, 1.165) is 30.5 Å². The second-order valence-electron chi connectivity index (χ2n) is 8.22. The van der Waals surface area contributed by atoms with Crippen molar-refractivity contribution in [1.29, 1.82) is 0 Å². The lowest BCUT2D eigenvalue weighted by atomic mass is 9.99. The molecule has 2 fully saturated rings. The molecule has 8 heteroatoms. The van der Waals surface area contributed by atoms with Crippen molar-refractivity contribution in [1.82, 2.24) is 9.80 Å². The summed E-state index contributed by atoms with van der Waals surface area (Å²) in [7, 11) is 0. The van der Waals surface area contributed by atoms with Crippen LogP contribution in [0.25, 0.3) is 0 Å². The lowest BCUT2D eigenvalue weighted by Gasteiger charge is -2.41. The molecule has 0 N–H and O–H groups in total. The average Bonchev–Trinajstić information content (AvgIpc) is 2.81. The van der Waals surface area contributed by atoms with Gasteiger partial charge in [-0.2, -0.15) is 13.2 Å². The number of hydrogen-bond donors (Lipinski definition) is 0. The van der Waals surface area contributed by atoms with Gasteiger partial charge in [0.05, 0.1) is 5.56 Å². The topological polar surface area (TPSA) is 43.9 Å². The molecule has 0 radical (unpaired) electrons. The first-order valence-corrected chi connectivity index (χ1v) is 10.9. The molecule has 4 rings (SSSR count). The summed E-state index contributed by atoms with van der Waals surface area (Å²) in [5, 5.41) is 0. The summed E-state index contributed by atoms with van der Waals surface area (Å²) >= 11 is 0. The molecule has 32 heavy (non-hydrogen) atoms. The number of amides is 2. The van der Waals surface area contributed by atoms with Crippen molar-refractivity contribution in [3.63, 3.8) is 0 Å². The van der Waals surface area contributed by atoms with Crippen molar-refractivity contribution >= 4 is 17.5 Å². The second kappa shape index (κ2) is 9.22. The minimum absolute atomic E-state index is 0.0129. The number of piperazine rings is 1. The molecule has 2 aromatic carbocycles. The summed E-state index contributed by atoms with van der Waals surface area (Å²) in [6, 6.07) is 13.9. The largest absolute Gasteiger partial charge is 0.416 e. The highest BCUT2D eigenvalue weighted by atomic mass is 19.4. The van der Waals surface area contributed by atoms with Gasteiger partial charge in [0.25, 0.3) is 0 Å². The van der Waals surface area contributed by atoms with E-state index in [1.807, 2.05) is 35.2 Å². The van der Waals surface area contributed by atoms with Gasteiger partial charge < -0.3 is 14.7 Å². The molecule has 2 amide bonds. The van der Waals surface area contributed by atoms with E-state index in [-0.39, 0.29) is 11.8 Å². The van der Waals surface area contributed by atoms with E-state index in [0.29, 0.717) is 44.8 Å². The molecule has 5 nitrogen and oxygen atoms in total. The number of nitrogens with zero attached hydrogens (tertiary/aromatic N) is 3. The zero-order chi connectivity index (χ0) is 22.7. The van der Waals surface area contributed by atoms with Crippen LogP contribution < -0.4 is 4.90 Å². The molecular formula is C24H26F3N3O2. The molecule has 0 aromatic heterocycles. The Morgan fingerprint density at radius 3 is 2.25 bits per heavy atom. The van der Waals surface area contributed by atoms with Crippen LogP contribution in [0.3, 0.4) is 0 Å². The smallest absolute Gasteiger partial charge is 0.368 e. The molecule has 1 unspecified atom stereocenters. The number of anilines is 1. The lowest BCUT2D eigenvalue weighted by molar-refractivity contribution is -0.148. The van der Waals surface area contributed by atoms with E-state index in [1.165, 1.54) is 6.07 Å². The van der Waals surface area contributed by atoms with Gasteiger partial charge in [0.15, 0.2) is 0 Å². The molecule has 1 atom stereocenters. The quantitative estimate of drug-likeness (QED) is 0.712. The Labute approximate surface area is 185 Å². The number of carbonyl (C=O) groups excluding carboxylic acids is 2. The first kappa shape index (κ1) is 22.2. The van der Waals surface area contributed by atoms with Gasteiger partial charge in [-0.25, -0.2) is 0 Å². The van der Waals surface area contributed by atoms with E-state index >= 15 is 0 Å². The normalized spacial score (nSPS) is 18.6. The molecule has 170 valence electrons. The molecule has 2 aliphatic rings. The summed E-state index contributed by atoms with van der Waals surface area (Å²) in [6.45, 7) is 2.19. The van der Waals surface area contributed by atoms with Gasteiger partial charge in [0.1, 0.15) is 6.04 Å². The van der Waals surface area contributed by atoms with Crippen molar-refractivity contribution in [2.45, 2.75) is 31.5 Å². The predicted molar refractivity (Wildman–Crippen MR) is 115 cm³/mol. The molecule has 0 aliphatic carbocycles. The maximum Gasteiger partial charge on any atom is 0.416 e. The predicted octanol–water partition coefficient (Wildman–Crippen LogP) is 4.11. The van der Waals surface area contributed by atoms with Crippen LogP contribution in [-0.2, 0) is 15.8 Å². The zero-order valence-corrected chi connectivity index (χ0v) is 17.7. The van der Waals surface area contributed by atoms with Crippen LogP contribution in [0, 0.1) is 0 Å². The third-order valence-corrected chi connectivity index (χ3v) is 6.15. The van der Waals surface area contributed by atoms with Crippen molar-refractivity contribution in [2.75, 3.05) is 37.6 Å². The summed E-state index contributed by atoms with van der Waals surface area (Å²) in [5.41, 5.74) is 0.604. The van der Waals surface area contributed by atoms with E-state index in [9.17, 15) is 22.8 Å². The van der Waals surface area contributed by atoms with Crippen molar-refractivity contribution < 1.29 is 22.8 Å².